The first-order valence-corrected chi connectivity index (χ1v) is 5.09. The third kappa shape index (κ3) is 2.80. The van der Waals surface area contributed by atoms with Crippen LogP contribution in [0.5, 0.6) is 0 Å². The van der Waals surface area contributed by atoms with Crippen molar-refractivity contribution in [3.05, 3.63) is 42.5 Å². The van der Waals surface area contributed by atoms with E-state index in [-0.39, 0.29) is 0 Å². The average Bonchev–Trinajstić information content (AvgIpc) is 2.38. The third-order valence-electron chi connectivity index (χ3n) is 2.23. The predicted octanol–water partition coefficient (Wildman–Crippen LogP) is 0.356. The molecule has 0 aromatic heterocycles. The minimum Gasteiger partial charge on any atom is -0.290 e. The monoisotopic (exact) mass is 247 g/mol. The van der Waals surface area contributed by atoms with E-state index in [1.165, 1.54) is 31.2 Å². The molecule has 0 radical (unpaired) electrons. The van der Waals surface area contributed by atoms with Crippen LogP contribution < -0.4 is 16.2 Å². The van der Waals surface area contributed by atoms with Gasteiger partial charge in [-0.2, -0.15) is 0 Å². The topological polar surface area (TPSA) is 92.5 Å². The van der Waals surface area contributed by atoms with Crippen molar-refractivity contribution in [1.29, 1.82) is 0 Å². The lowest BCUT2D eigenvalue weighted by Crippen LogP contribution is -2.34. The molecule has 0 aliphatic carbocycles. The summed E-state index contributed by atoms with van der Waals surface area (Å²) in [5.74, 6) is 3.57. The Kier molecular flexibility index (Phi) is 4.33. The van der Waals surface area contributed by atoms with E-state index in [9.17, 15) is 14.4 Å². The van der Waals surface area contributed by atoms with E-state index < -0.39 is 17.7 Å². The van der Waals surface area contributed by atoms with Gasteiger partial charge >= 0.3 is 0 Å². The fraction of sp³-hybridized carbons (Fsp3) is 0.0833. The fourth-order valence-electron chi connectivity index (χ4n) is 1.40. The number of nitrogens with one attached hydrogen (secondary N) is 1. The summed E-state index contributed by atoms with van der Waals surface area (Å²) in [6, 6.07) is 5.88. The van der Waals surface area contributed by atoms with Crippen molar-refractivity contribution < 1.29 is 14.4 Å². The van der Waals surface area contributed by atoms with Gasteiger partial charge in [-0.3, -0.25) is 19.8 Å². The van der Waals surface area contributed by atoms with Crippen LogP contribution >= 0.6 is 0 Å². The van der Waals surface area contributed by atoms with Crippen LogP contribution in [-0.4, -0.2) is 17.7 Å². The molecule has 0 unspecified atom stereocenters. The predicted molar refractivity (Wildman–Crippen MR) is 66.5 cm³/mol. The van der Waals surface area contributed by atoms with Gasteiger partial charge in [-0.1, -0.05) is 6.58 Å². The number of nitrogens with zero attached hydrogens (tertiary/aromatic N) is 1. The van der Waals surface area contributed by atoms with Crippen LogP contribution in [0.15, 0.2) is 36.9 Å². The van der Waals surface area contributed by atoms with Gasteiger partial charge in [0.15, 0.2) is 0 Å². The van der Waals surface area contributed by atoms with E-state index in [0.29, 0.717) is 11.3 Å². The minimum absolute atomic E-state index is 0.329. The fourth-order valence-corrected chi connectivity index (χ4v) is 1.40. The summed E-state index contributed by atoms with van der Waals surface area (Å²) in [6.07, 6.45) is 1.04. The first-order chi connectivity index (χ1) is 8.51. The van der Waals surface area contributed by atoms with Gasteiger partial charge in [-0.15, -0.1) is 0 Å². The van der Waals surface area contributed by atoms with Gasteiger partial charge in [-0.25, -0.2) is 10.7 Å². The summed E-state index contributed by atoms with van der Waals surface area (Å²) >= 11 is 0. The van der Waals surface area contributed by atoms with E-state index >= 15 is 0 Å². The molecule has 0 bridgehead atoms. The Labute approximate surface area is 104 Å². The summed E-state index contributed by atoms with van der Waals surface area (Å²) in [4.78, 5) is 35.1. The Bertz CT molecular complexity index is 494. The number of anilines is 1. The van der Waals surface area contributed by atoms with Gasteiger partial charge in [0.2, 0.25) is 5.91 Å². The molecule has 94 valence electrons. The Hall–Kier alpha value is -2.47. The zero-order valence-electron chi connectivity index (χ0n) is 9.84. The van der Waals surface area contributed by atoms with Crippen molar-refractivity contribution in [2.45, 2.75) is 6.92 Å². The molecule has 0 heterocycles. The summed E-state index contributed by atoms with van der Waals surface area (Å²) < 4.78 is 0. The lowest BCUT2D eigenvalue weighted by Gasteiger charge is -2.17. The van der Waals surface area contributed by atoms with Crippen LogP contribution in [0.2, 0.25) is 0 Å². The van der Waals surface area contributed by atoms with Gasteiger partial charge in [0.1, 0.15) is 0 Å². The molecule has 6 heteroatoms. The number of amides is 3. The first-order valence-electron chi connectivity index (χ1n) is 5.09. The van der Waals surface area contributed by atoms with Gasteiger partial charge in [0, 0.05) is 12.5 Å². The van der Waals surface area contributed by atoms with Crippen LogP contribution in [0.3, 0.4) is 0 Å². The van der Waals surface area contributed by atoms with Gasteiger partial charge in [0.05, 0.1) is 5.69 Å². The molecule has 3 N–H and O–H groups in total. The minimum atomic E-state index is -0.529. The zero-order chi connectivity index (χ0) is 13.7. The molecule has 0 saturated heterocycles. The van der Waals surface area contributed by atoms with Crippen molar-refractivity contribution in [2.24, 2.45) is 5.84 Å². The van der Waals surface area contributed by atoms with Crippen LogP contribution in [0.25, 0.3) is 0 Å². The molecular formula is C12H13N3O3. The van der Waals surface area contributed by atoms with Crippen LogP contribution in [0.1, 0.15) is 17.3 Å². The number of carbonyl (C=O) groups excluding carboxylic acids is 3. The van der Waals surface area contributed by atoms with Crippen molar-refractivity contribution in [3.8, 4) is 0 Å². The maximum Gasteiger partial charge on any atom is 0.265 e. The molecule has 3 amide bonds. The SMILES string of the molecule is C=CC(=O)N(C(C)=O)c1ccc(C(=O)NN)cc1. The second-order valence-electron chi connectivity index (χ2n) is 3.42. The number of imide groups is 1. The van der Waals surface area contributed by atoms with Crippen molar-refractivity contribution in [2.75, 3.05) is 4.90 Å². The van der Waals surface area contributed by atoms with Gasteiger partial charge in [0.25, 0.3) is 11.8 Å². The molecule has 0 atom stereocenters. The Morgan fingerprint density at radius 3 is 2.22 bits per heavy atom. The quantitative estimate of drug-likeness (QED) is 0.349. The largest absolute Gasteiger partial charge is 0.290 e. The maximum absolute atomic E-state index is 11.5. The molecule has 0 saturated carbocycles. The van der Waals surface area contributed by atoms with E-state index in [1.807, 2.05) is 5.43 Å². The smallest absolute Gasteiger partial charge is 0.265 e. The molecule has 0 aliphatic rings. The maximum atomic E-state index is 11.5. The molecule has 0 aliphatic heterocycles. The summed E-state index contributed by atoms with van der Waals surface area (Å²) in [6.45, 7) is 4.59. The highest BCUT2D eigenvalue weighted by molar-refractivity contribution is 6.18. The molecule has 1 rings (SSSR count). The first kappa shape index (κ1) is 13.6. The van der Waals surface area contributed by atoms with Crippen molar-refractivity contribution in [3.63, 3.8) is 0 Å². The highest BCUT2D eigenvalue weighted by atomic mass is 16.2. The normalized spacial score (nSPS) is 9.44. The van der Waals surface area contributed by atoms with Crippen molar-refractivity contribution in [1.82, 2.24) is 5.43 Å². The van der Waals surface area contributed by atoms with Gasteiger partial charge < -0.3 is 0 Å². The molecule has 1 aromatic carbocycles. The van der Waals surface area contributed by atoms with Crippen LogP contribution in [0.4, 0.5) is 5.69 Å². The number of hydrogen-bond donors (Lipinski definition) is 2. The highest BCUT2D eigenvalue weighted by Gasteiger charge is 2.17. The van der Waals surface area contributed by atoms with Crippen molar-refractivity contribution >= 4 is 23.4 Å². The Morgan fingerprint density at radius 1 is 1.28 bits per heavy atom. The Morgan fingerprint density at radius 2 is 1.83 bits per heavy atom. The highest BCUT2D eigenvalue weighted by Crippen LogP contribution is 2.16. The lowest BCUT2D eigenvalue weighted by molar-refractivity contribution is -0.122. The third-order valence-corrected chi connectivity index (χ3v) is 2.23. The molecule has 0 fully saturated rings. The number of carbonyl (C=O) groups is 3. The molecule has 6 nitrogen and oxygen atoms in total. The number of nitrogen functional groups attached to an aromatic ring is 1. The number of benzene rings is 1. The standard InChI is InChI=1S/C12H13N3O3/c1-3-11(17)15(8(2)16)10-6-4-9(5-7-10)12(18)14-13/h3-7H,1,13H2,2H3,(H,14,18). The molecule has 18 heavy (non-hydrogen) atoms. The second-order valence-corrected chi connectivity index (χ2v) is 3.42. The summed E-state index contributed by atoms with van der Waals surface area (Å²) in [5.41, 5.74) is 2.68. The second kappa shape index (κ2) is 5.74. The average molecular weight is 247 g/mol. The van der Waals surface area contributed by atoms with E-state index in [1.54, 1.807) is 0 Å². The summed E-state index contributed by atoms with van der Waals surface area (Å²) in [7, 11) is 0. The lowest BCUT2D eigenvalue weighted by atomic mass is 10.2. The van der Waals surface area contributed by atoms with E-state index in [4.69, 9.17) is 5.84 Å². The number of hydrazine groups is 1. The van der Waals surface area contributed by atoms with E-state index in [2.05, 4.69) is 6.58 Å². The van der Waals surface area contributed by atoms with Crippen LogP contribution in [0, 0.1) is 0 Å². The van der Waals surface area contributed by atoms with Gasteiger partial charge in [-0.05, 0) is 30.3 Å². The number of rotatable bonds is 3. The van der Waals surface area contributed by atoms with Crippen LogP contribution in [-0.2, 0) is 9.59 Å². The summed E-state index contributed by atoms with van der Waals surface area (Å²) in [5, 5.41) is 0. The zero-order valence-corrected chi connectivity index (χ0v) is 9.84. The number of nitrogens with two attached hydrogens (primary N) is 1. The molecular weight excluding hydrogens is 234 g/mol. The number of hydrogen-bond acceptors (Lipinski definition) is 4. The molecule has 1 aromatic rings. The van der Waals surface area contributed by atoms with E-state index in [0.717, 1.165) is 11.0 Å². The Balaban J connectivity index is 3.08. The molecule has 0 spiro atoms.